The number of nitrogens with two attached hydrogens (primary N) is 1. The molecule has 58 valence electrons. The maximum absolute atomic E-state index is 10.7. The Morgan fingerprint density at radius 2 is 2.55 bits per heavy atom. The molecule has 1 heterocycles. The van der Waals surface area contributed by atoms with Gasteiger partial charge in [-0.3, -0.25) is 4.90 Å². The summed E-state index contributed by atoms with van der Waals surface area (Å²) in [5.41, 5.74) is 5.03. The first-order chi connectivity index (χ1) is 5.25. The number of anilines is 1. The zero-order valence-electron chi connectivity index (χ0n) is 5.95. The molecule has 0 aliphatic rings. The van der Waals surface area contributed by atoms with Crippen molar-refractivity contribution in [3.05, 3.63) is 31.1 Å². The Balaban J connectivity index is 2.88. The second-order valence-electron chi connectivity index (χ2n) is 1.95. The van der Waals surface area contributed by atoms with Crippen LogP contribution in [0.3, 0.4) is 0 Å². The third kappa shape index (κ3) is 1.40. The minimum atomic E-state index is -0.553. The molecule has 1 aromatic rings. The summed E-state index contributed by atoms with van der Waals surface area (Å²) in [5.74, 6) is 0.618. The predicted octanol–water partition coefficient (Wildman–Crippen LogP) is 1.04. The molecule has 4 heteroatoms. The summed E-state index contributed by atoms with van der Waals surface area (Å²) >= 11 is 0. The third-order valence-corrected chi connectivity index (χ3v) is 1.26. The van der Waals surface area contributed by atoms with E-state index in [2.05, 4.69) is 11.6 Å². The average Bonchev–Trinajstić information content (AvgIpc) is 2.40. The lowest BCUT2D eigenvalue weighted by Gasteiger charge is -2.11. The van der Waals surface area contributed by atoms with E-state index in [-0.39, 0.29) is 0 Å². The van der Waals surface area contributed by atoms with Crippen LogP contribution in [0, 0.1) is 0 Å². The van der Waals surface area contributed by atoms with Gasteiger partial charge in [0, 0.05) is 12.4 Å². The fourth-order valence-corrected chi connectivity index (χ4v) is 0.778. The van der Waals surface area contributed by atoms with E-state index < -0.39 is 6.03 Å². The summed E-state index contributed by atoms with van der Waals surface area (Å²) < 4.78 is 0. The summed E-state index contributed by atoms with van der Waals surface area (Å²) in [5, 5.41) is 0. The topological polar surface area (TPSA) is 62.1 Å². The molecule has 0 atom stereocenters. The molecule has 0 aliphatic heterocycles. The number of H-pyrrole nitrogens is 1. The molecule has 1 rings (SSSR count). The zero-order valence-corrected chi connectivity index (χ0v) is 5.95. The van der Waals surface area contributed by atoms with Gasteiger partial charge in [-0.1, -0.05) is 6.58 Å². The van der Waals surface area contributed by atoms with Gasteiger partial charge >= 0.3 is 6.03 Å². The molecule has 4 nitrogen and oxygen atoms in total. The second-order valence-corrected chi connectivity index (χ2v) is 1.95. The van der Waals surface area contributed by atoms with Crippen LogP contribution in [0.4, 0.5) is 10.6 Å². The van der Waals surface area contributed by atoms with E-state index in [0.29, 0.717) is 5.82 Å². The molecule has 0 aromatic carbocycles. The molecular weight excluding hydrogens is 142 g/mol. The second kappa shape index (κ2) is 2.92. The number of amides is 2. The Morgan fingerprint density at radius 1 is 1.82 bits per heavy atom. The van der Waals surface area contributed by atoms with Gasteiger partial charge in [0.15, 0.2) is 0 Å². The third-order valence-electron chi connectivity index (χ3n) is 1.26. The lowest BCUT2D eigenvalue weighted by Crippen LogP contribution is -2.30. The van der Waals surface area contributed by atoms with Crippen molar-refractivity contribution in [2.75, 3.05) is 4.90 Å². The zero-order chi connectivity index (χ0) is 8.27. The van der Waals surface area contributed by atoms with Crippen molar-refractivity contribution in [1.82, 2.24) is 4.98 Å². The van der Waals surface area contributed by atoms with E-state index in [9.17, 15) is 4.79 Å². The van der Waals surface area contributed by atoms with Crippen molar-refractivity contribution in [3.8, 4) is 0 Å². The number of hydrogen-bond acceptors (Lipinski definition) is 1. The normalized spacial score (nSPS) is 9.09. The Morgan fingerprint density at radius 3 is 2.91 bits per heavy atom. The highest BCUT2D eigenvalue weighted by Crippen LogP contribution is 2.08. The largest absolute Gasteiger partial charge is 0.351 e. The highest BCUT2D eigenvalue weighted by atomic mass is 16.2. The molecule has 0 radical (unpaired) electrons. The standard InChI is InChI=1S/C7H9N3O/c1-2-10(7(8)11)6-4-3-5-9-6/h2-5,9H,1H2,(H2,8,11). The molecule has 3 N–H and O–H groups in total. The number of urea groups is 1. The number of nitrogens with zero attached hydrogens (tertiary/aromatic N) is 1. The highest BCUT2D eigenvalue weighted by molar-refractivity contribution is 5.91. The van der Waals surface area contributed by atoms with Gasteiger partial charge in [0.2, 0.25) is 0 Å². The Hall–Kier alpha value is -1.71. The molecule has 0 spiro atoms. The van der Waals surface area contributed by atoms with Gasteiger partial charge in [-0.25, -0.2) is 4.79 Å². The van der Waals surface area contributed by atoms with Crippen LogP contribution in [-0.4, -0.2) is 11.0 Å². The minimum absolute atomic E-state index is 0.553. The number of carbonyl (C=O) groups is 1. The van der Waals surface area contributed by atoms with Crippen molar-refractivity contribution >= 4 is 11.8 Å². The summed E-state index contributed by atoms with van der Waals surface area (Å²) in [6.45, 7) is 3.44. The van der Waals surface area contributed by atoms with Crippen LogP contribution in [0.15, 0.2) is 31.1 Å². The monoisotopic (exact) mass is 151 g/mol. The van der Waals surface area contributed by atoms with Crippen LogP contribution in [0.1, 0.15) is 0 Å². The van der Waals surface area contributed by atoms with E-state index in [4.69, 9.17) is 5.73 Å². The molecule has 0 unspecified atom stereocenters. The average molecular weight is 151 g/mol. The van der Waals surface area contributed by atoms with Crippen molar-refractivity contribution < 1.29 is 4.79 Å². The van der Waals surface area contributed by atoms with E-state index in [0.717, 1.165) is 0 Å². The number of hydrogen-bond donors (Lipinski definition) is 2. The lowest BCUT2D eigenvalue weighted by atomic mass is 10.5. The molecule has 0 bridgehead atoms. The van der Waals surface area contributed by atoms with Crippen LogP contribution in [-0.2, 0) is 0 Å². The van der Waals surface area contributed by atoms with Crippen LogP contribution in [0.2, 0.25) is 0 Å². The number of aromatic nitrogens is 1. The minimum Gasteiger partial charge on any atom is -0.351 e. The van der Waals surface area contributed by atoms with Gasteiger partial charge in [0.25, 0.3) is 0 Å². The van der Waals surface area contributed by atoms with Crippen molar-refractivity contribution in [2.45, 2.75) is 0 Å². The van der Waals surface area contributed by atoms with Crippen molar-refractivity contribution in [2.24, 2.45) is 5.73 Å². The molecule has 11 heavy (non-hydrogen) atoms. The van der Waals surface area contributed by atoms with Gasteiger partial charge in [0.05, 0.1) is 0 Å². The van der Waals surface area contributed by atoms with Crippen LogP contribution >= 0.6 is 0 Å². The lowest BCUT2D eigenvalue weighted by molar-refractivity contribution is 0.255. The Labute approximate surface area is 64.3 Å². The molecule has 0 saturated carbocycles. The molecule has 0 aliphatic carbocycles. The quantitative estimate of drug-likeness (QED) is 0.651. The maximum atomic E-state index is 10.7. The first kappa shape index (κ1) is 7.40. The summed E-state index contributed by atoms with van der Waals surface area (Å²) in [7, 11) is 0. The smallest absolute Gasteiger partial charge is 0.324 e. The Bertz CT molecular complexity index is 253. The van der Waals surface area contributed by atoms with Crippen LogP contribution in [0.25, 0.3) is 0 Å². The van der Waals surface area contributed by atoms with Gasteiger partial charge in [-0.15, -0.1) is 0 Å². The molecule has 1 aromatic heterocycles. The number of aromatic amines is 1. The summed E-state index contributed by atoms with van der Waals surface area (Å²) in [4.78, 5) is 14.7. The van der Waals surface area contributed by atoms with Gasteiger partial charge in [-0.05, 0) is 12.1 Å². The molecule has 0 saturated heterocycles. The van der Waals surface area contributed by atoms with Crippen molar-refractivity contribution in [1.29, 1.82) is 0 Å². The van der Waals surface area contributed by atoms with Gasteiger partial charge in [0.1, 0.15) is 5.82 Å². The molecule has 0 fully saturated rings. The van der Waals surface area contributed by atoms with E-state index in [1.54, 1.807) is 18.3 Å². The first-order valence-electron chi connectivity index (χ1n) is 3.10. The predicted molar refractivity (Wildman–Crippen MR) is 43.1 cm³/mol. The molecular formula is C7H9N3O. The van der Waals surface area contributed by atoms with Gasteiger partial charge in [-0.2, -0.15) is 0 Å². The SMILES string of the molecule is C=CN(C(N)=O)c1ccc[nH]1. The van der Waals surface area contributed by atoms with E-state index in [1.807, 2.05) is 0 Å². The number of nitrogens with one attached hydrogen (secondary N) is 1. The fraction of sp³-hybridized carbons (Fsp3) is 0. The van der Waals surface area contributed by atoms with E-state index >= 15 is 0 Å². The fourth-order valence-electron chi connectivity index (χ4n) is 0.778. The highest BCUT2D eigenvalue weighted by Gasteiger charge is 2.07. The van der Waals surface area contributed by atoms with Crippen LogP contribution < -0.4 is 10.6 Å². The first-order valence-corrected chi connectivity index (χ1v) is 3.10. The van der Waals surface area contributed by atoms with Gasteiger partial charge < -0.3 is 10.7 Å². The maximum Gasteiger partial charge on any atom is 0.324 e. The van der Waals surface area contributed by atoms with E-state index in [1.165, 1.54) is 11.1 Å². The molecule has 2 amide bonds. The number of rotatable bonds is 2. The van der Waals surface area contributed by atoms with Crippen molar-refractivity contribution in [3.63, 3.8) is 0 Å². The van der Waals surface area contributed by atoms with Crippen LogP contribution in [0.5, 0.6) is 0 Å². The Kier molecular flexibility index (Phi) is 1.96. The number of primary amides is 1. The summed E-state index contributed by atoms with van der Waals surface area (Å²) in [6.07, 6.45) is 3.06. The summed E-state index contributed by atoms with van der Waals surface area (Å²) in [6, 6.07) is 2.95. The number of carbonyl (C=O) groups excluding carboxylic acids is 1.